The van der Waals surface area contributed by atoms with Gasteiger partial charge in [0.2, 0.25) is 0 Å². The molecule has 2 amide bonds. The summed E-state index contributed by atoms with van der Waals surface area (Å²) in [7, 11) is 3.10. The third-order valence-electron chi connectivity index (χ3n) is 5.49. The molecule has 152 valence electrons. The van der Waals surface area contributed by atoms with Crippen LogP contribution in [0.1, 0.15) is 33.6 Å². The van der Waals surface area contributed by atoms with Gasteiger partial charge in [-0.05, 0) is 36.4 Å². The molecule has 1 saturated heterocycles. The molecule has 1 fully saturated rings. The molecule has 0 aromatic heterocycles. The number of methoxy groups -OCH3 is 2. The molecule has 0 bridgehead atoms. The fraction of sp³-hybridized carbons (Fsp3) is 0.333. The second-order valence-electron chi connectivity index (χ2n) is 7.21. The van der Waals surface area contributed by atoms with Gasteiger partial charge in [-0.2, -0.15) is 0 Å². The van der Waals surface area contributed by atoms with Crippen LogP contribution in [-0.2, 0) is 0 Å². The highest BCUT2D eigenvalue weighted by atomic mass is 35.5. The van der Waals surface area contributed by atoms with Crippen molar-refractivity contribution in [1.82, 2.24) is 10.2 Å². The number of fused-ring (bicyclic) bond motifs is 1. The van der Waals surface area contributed by atoms with Gasteiger partial charge < -0.3 is 25.0 Å². The van der Waals surface area contributed by atoms with Crippen molar-refractivity contribution in [2.45, 2.75) is 18.5 Å². The summed E-state index contributed by atoms with van der Waals surface area (Å²) < 4.78 is 10.5. The standard InChI is InChI=1S/C21H22ClN3O4/c1-28-17-6-3-13(11-18(17)29-2)20(27)25-9-7-21(8-10-25)23-16-12-14(22)4-5-15(16)19(26)24-21/h3-6,11-12,23H,7-10H2,1-2H3,(H,24,26). The van der Waals surface area contributed by atoms with Gasteiger partial charge >= 0.3 is 0 Å². The molecule has 2 aliphatic heterocycles. The number of hydrogen-bond donors (Lipinski definition) is 2. The highest BCUT2D eigenvalue weighted by Crippen LogP contribution is 2.34. The fourth-order valence-corrected chi connectivity index (χ4v) is 4.06. The number of nitrogens with zero attached hydrogens (tertiary/aromatic N) is 1. The van der Waals surface area contributed by atoms with Crippen LogP contribution in [0.25, 0.3) is 0 Å². The zero-order valence-corrected chi connectivity index (χ0v) is 17.0. The summed E-state index contributed by atoms with van der Waals surface area (Å²) in [4.78, 5) is 27.3. The average molecular weight is 416 g/mol. The number of ether oxygens (including phenoxy) is 2. The summed E-state index contributed by atoms with van der Waals surface area (Å²) in [6.07, 6.45) is 1.17. The molecule has 29 heavy (non-hydrogen) atoms. The number of nitrogens with one attached hydrogen (secondary N) is 2. The predicted octanol–water partition coefficient (Wildman–Crippen LogP) is 3.15. The molecular formula is C21H22ClN3O4. The number of carbonyl (C=O) groups is 2. The van der Waals surface area contributed by atoms with Crippen molar-refractivity contribution < 1.29 is 19.1 Å². The van der Waals surface area contributed by atoms with Crippen LogP contribution in [0.4, 0.5) is 5.69 Å². The van der Waals surface area contributed by atoms with E-state index < -0.39 is 5.66 Å². The maximum atomic E-state index is 13.0. The molecule has 8 heteroatoms. The predicted molar refractivity (Wildman–Crippen MR) is 110 cm³/mol. The van der Waals surface area contributed by atoms with E-state index in [9.17, 15) is 9.59 Å². The van der Waals surface area contributed by atoms with Gasteiger partial charge in [-0.1, -0.05) is 11.6 Å². The summed E-state index contributed by atoms with van der Waals surface area (Å²) in [5, 5.41) is 7.07. The van der Waals surface area contributed by atoms with Crippen LogP contribution in [-0.4, -0.2) is 49.7 Å². The van der Waals surface area contributed by atoms with Crippen LogP contribution in [0, 0.1) is 0 Å². The average Bonchev–Trinajstić information content (AvgIpc) is 2.73. The first kappa shape index (κ1) is 19.4. The van der Waals surface area contributed by atoms with Crippen molar-refractivity contribution in [3.05, 3.63) is 52.5 Å². The number of carbonyl (C=O) groups excluding carboxylic acids is 2. The highest BCUT2D eigenvalue weighted by molar-refractivity contribution is 6.31. The number of anilines is 1. The van der Waals surface area contributed by atoms with Crippen molar-refractivity contribution in [2.24, 2.45) is 0 Å². The Kier molecular flexibility index (Phi) is 5.00. The topological polar surface area (TPSA) is 79.9 Å². The van der Waals surface area contributed by atoms with Gasteiger partial charge in [-0.25, -0.2) is 0 Å². The molecule has 0 atom stereocenters. The molecule has 0 aliphatic carbocycles. The molecule has 7 nitrogen and oxygen atoms in total. The van der Waals surface area contributed by atoms with E-state index in [-0.39, 0.29) is 11.8 Å². The smallest absolute Gasteiger partial charge is 0.255 e. The zero-order valence-electron chi connectivity index (χ0n) is 16.3. The number of benzene rings is 2. The molecule has 2 heterocycles. The summed E-state index contributed by atoms with van der Waals surface area (Å²) >= 11 is 6.09. The van der Waals surface area contributed by atoms with Crippen LogP contribution in [0.5, 0.6) is 11.5 Å². The lowest BCUT2D eigenvalue weighted by Crippen LogP contribution is -2.62. The summed E-state index contributed by atoms with van der Waals surface area (Å²) in [6.45, 7) is 1.02. The summed E-state index contributed by atoms with van der Waals surface area (Å²) in [5.41, 5.74) is 1.25. The third kappa shape index (κ3) is 3.58. The van der Waals surface area contributed by atoms with Crippen LogP contribution < -0.4 is 20.1 Å². The molecule has 2 aliphatic rings. The number of piperidine rings is 1. The Labute approximate surface area is 173 Å². The summed E-state index contributed by atoms with van der Waals surface area (Å²) in [5.74, 6) is 0.885. The second kappa shape index (κ2) is 7.48. The lowest BCUT2D eigenvalue weighted by Gasteiger charge is -2.46. The molecule has 0 radical (unpaired) electrons. The molecule has 2 aromatic carbocycles. The monoisotopic (exact) mass is 415 g/mol. The lowest BCUT2D eigenvalue weighted by atomic mass is 9.92. The van der Waals surface area contributed by atoms with Crippen molar-refractivity contribution >= 4 is 29.1 Å². The number of likely N-dealkylation sites (tertiary alicyclic amines) is 1. The van der Waals surface area contributed by atoms with Gasteiger partial charge in [0.25, 0.3) is 11.8 Å². The minimum Gasteiger partial charge on any atom is -0.493 e. The largest absolute Gasteiger partial charge is 0.493 e. The first-order chi connectivity index (χ1) is 13.9. The van der Waals surface area contributed by atoms with Crippen molar-refractivity contribution in [3.63, 3.8) is 0 Å². The van der Waals surface area contributed by atoms with Crippen LogP contribution in [0.2, 0.25) is 5.02 Å². The Morgan fingerprint density at radius 3 is 2.45 bits per heavy atom. The minimum atomic E-state index is -0.580. The van der Waals surface area contributed by atoms with Crippen molar-refractivity contribution in [1.29, 1.82) is 0 Å². The van der Waals surface area contributed by atoms with Crippen LogP contribution in [0.15, 0.2) is 36.4 Å². The summed E-state index contributed by atoms with van der Waals surface area (Å²) in [6, 6.07) is 10.3. The van der Waals surface area contributed by atoms with Crippen LogP contribution in [0.3, 0.4) is 0 Å². The van der Waals surface area contributed by atoms with Crippen molar-refractivity contribution in [3.8, 4) is 11.5 Å². The van der Waals surface area contributed by atoms with E-state index in [1.165, 1.54) is 7.11 Å². The van der Waals surface area contributed by atoms with Gasteiger partial charge in [-0.15, -0.1) is 0 Å². The van der Waals surface area contributed by atoms with E-state index in [2.05, 4.69) is 10.6 Å². The SMILES string of the molecule is COc1ccc(C(=O)N2CCC3(CC2)NC(=O)c2ccc(Cl)cc2N3)cc1OC. The lowest BCUT2D eigenvalue weighted by molar-refractivity contribution is 0.0639. The van der Waals surface area contributed by atoms with E-state index in [1.54, 1.807) is 48.4 Å². The molecule has 1 spiro atoms. The quantitative estimate of drug-likeness (QED) is 0.805. The van der Waals surface area contributed by atoms with E-state index in [0.29, 0.717) is 53.6 Å². The number of hydrogen-bond acceptors (Lipinski definition) is 5. The molecular weight excluding hydrogens is 394 g/mol. The molecule has 2 N–H and O–H groups in total. The second-order valence-corrected chi connectivity index (χ2v) is 7.65. The van der Waals surface area contributed by atoms with E-state index in [1.807, 2.05) is 0 Å². The van der Waals surface area contributed by atoms with Gasteiger partial charge in [-0.3, -0.25) is 9.59 Å². The maximum absolute atomic E-state index is 13.0. The highest BCUT2D eigenvalue weighted by Gasteiger charge is 2.41. The Hall–Kier alpha value is -2.93. The first-order valence-electron chi connectivity index (χ1n) is 9.36. The minimum absolute atomic E-state index is 0.0774. The first-order valence-corrected chi connectivity index (χ1v) is 9.74. The Bertz CT molecular complexity index is 970. The normalized spacial score (nSPS) is 17.2. The van der Waals surface area contributed by atoms with Gasteiger partial charge in [0, 0.05) is 36.5 Å². The van der Waals surface area contributed by atoms with Crippen molar-refractivity contribution in [2.75, 3.05) is 32.6 Å². The number of halogens is 1. The Balaban J connectivity index is 1.48. The third-order valence-corrected chi connectivity index (χ3v) is 5.72. The maximum Gasteiger partial charge on any atom is 0.255 e. The Morgan fingerprint density at radius 2 is 1.76 bits per heavy atom. The van der Waals surface area contributed by atoms with E-state index in [4.69, 9.17) is 21.1 Å². The van der Waals surface area contributed by atoms with Gasteiger partial charge in [0.1, 0.15) is 5.66 Å². The molecule has 2 aromatic rings. The molecule has 0 saturated carbocycles. The number of amides is 2. The van der Waals surface area contributed by atoms with Gasteiger partial charge in [0.15, 0.2) is 11.5 Å². The fourth-order valence-electron chi connectivity index (χ4n) is 3.88. The molecule has 0 unspecified atom stereocenters. The van der Waals surface area contributed by atoms with E-state index >= 15 is 0 Å². The van der Waals surface area contributed by atoms with Gasteiger partial charge in [0.05, 0.1) is 25.5 Å². The van der Waals surface area contributed by atoms with E-state index in [0.717, 1.165) is 5.69 Å². The Morgan fingerprint density at radius 1 is 1.03 bits per heavy atom. The number of rotatable bonds is 3. The zero-order chi connectivity index (χ0) is 20.6. The van der Waals surface area contributed by atoms with Crippen LogP contribution >= 0.6 is 11.6 Å². The molecule has 4 rings (SSSR count).